The van der Waals surface area contributed by atoms with Crippen molar-refractivity contribution in [1.82, 2.24) is 20.2 Å². The van der Waals surface area contributed by atoms with Gasteiger partial charge in [-0.1, -0.05) is 37.1 Å². The van der Waals surface area contributed by atoms with Crippen molar-refractivity contribution in [2.75, 3.05) is 27.2 Å². The van der Waals surface area contributed by atoms with Crippen LogP contribution >= 0.6 is 11.6 Å². The number of halogens is 1. The van der Waals surface area contributed by atoms with Crippen LogP contribution in [0.5, 0.6) is 0 Å². The molecule has 2 aromatic rings. The second kappa shape index (κ2) is 9.31. The van der Waals surface area contributed by atoms with Gasteiger partial charge in [-0.05, 0) is 69.3 Å². The minimum absolute atomic E-state index is 0.0895. The Hall–Kier alpha value is -1.85. The van der Waals surface area contributed by atoms with E-state index in [2.05, 4.69) is 37.1 Å². The summed E-state index contributed by atoms with van der Waals surface area (Å²) in [6.07, 6.45) is 4.40. The predicted molar refractivity (Wildman–Crippen MR) is 120 cm³/mol. The molecule has 158 valence electrons. The Morgan fingerprint density at radius 2 is 2.14 bits per heavy atom. The molecular formula is C23H33ClN4O. The number of rotatable bonds is 7. The van der Waals surface area contributed by atoms with Crippen LogP contribution in [0.25, 0.3) is 11.0 Å². The third-order valence-electron chi connectivity index (χ3n) is 6.01. The van der Waals surface area contributed by atoms with Crippen LogP contribution in [0, 0.1) is 23.7 Å². The minimum atomic E-state index is 0.0895. The second-order valence-electron chi connectivity index (χ2n) is 9.01. The summed E-state index contributed by atoms with van der Waals surface area (Å²) < 4.78 is 0. The lowest BCUT2D eigenvalue weighted by atomic mass is 9.70. The highest BCUT2D eigenvalue weighted by Gasteiger charge is 2.32. The molecule has 1 aliphatic carbocycles. The minimum Gasteiger partial charge on any atom is -0.354 e. The van der Waals surface area contributed by atoms with Crippen molar-refractivity contribution in [3.05, 3.63) is 40.7 Å². The average molecular weight is 417 g/mol. The highest BCUT2D eigenvalue weighted by Crippen LogP contribution is 2.38. The van der Waals surface area contributed by atoms with E-state index in [1.807, 2.05) is 37.2 Å². The normalized spacial score (nSPS) is 22.3. The first-order valence-electron chi connectivity index (χ1n) is 10.5. The van der Waals surface area contributed by atoms with Gasteiger partial charge in [0.05, 0.1) is 17.6 Å². The van der Waals surface area contributed by atoms with Crippen molar-refractivity contribution in [2.24, 2.45) is 23.7 Å². The van der Waals surface area contributed by atoms with E-state index in [-0.39, 0.29) is 5.91 Å². The summed E-state index contributed by atoms with van der Waals surface area (Å²) in [6, 6.07) is 5.77. The van der Waals surface area contributed by atoms with E-state index in [9.17, 15) is 4.79 Å². The number of likely N-dealkylation sites (N-methyl/N-ethyl adjacent to an activating group) is 1. The molecule has 3 rings (SSSR count). The lowest BCUT2D eigenvalue weighted by Gasteiger charge is -2.37. The van der Waals surface area contributed by atoms with Crippen LogP contribution in [-0.4, -0.2) is 48.0 Å². The van der Waals surface area contributed by atoms with Gasteiger partial charge in [0, 0.05) is 18.0 Å². The number of imidazole rings is 1. The quantitative estimate of drug-likeness (QED) is 0.662. The maximum absolute atomic E-state index is 12.1. The van der Waals surface area contributed by atoms with E-state index < -0.39 is 0 Å². The molecule has 0 radical (unpaired) electrons. The zero-order chi connectivity index (χ0) is 21.1. The van der Waals surface area contributed by atoms with E-state index in [0.717, 1.165) is 34.7 Å². The number of fused-ring (bicyclic) bond motifs is 1. The molecule has 6 heteroatoms. The fourth-order valence-electron chi connectivity index (χ4n) is 4.45. The molecule has 1 aromatic carbocycles. The van der Waals surface area contributed by atoms with Gasteiger partial charge in [-0.25, -0.2) is 4.98 Å². The topological polar surface area (TPSA) is 61.0 Å². The van der Waals surface area contributed by atoms with E-state index in [1.165, 1.54) is 5.57 Å². The van der Waals surface area contributed by atoms with Crippen molar-refractivity contribution in [3.63, 3.8) is 0 Å². The third-order valence-corrected chi connectivity index (χ3v) is 6.25. The Balaban J connectivity index is 1.71. The maximum atomic E-state index is 12.1. The molecule has 1 aromatic heterocycles. The molecule has 0 bridgehead atoms. The summed E-state index contributed by atoms with van der Waals surface area (Å²) in [5.74, 6) is 3.06. The summed E-state index contributed by atoms with van der Waals surface area (Å²) in [6.45, 7) is 7.93. The van der Waals surface area contributed by atoms with Crippen LogP contribution in [0.4, 0.5) is 0 Å². The van der Waals surface area contributed by atoms with Gasteiger partial charge in [0.2, 0.25) is 5.91 Å². The molecule has 0 fully saturated rings. The summed E-state index contributed by atoms with van der Waals surface area (Å²) in [7, 11) is 3.83. The van der Waals surface area contributed by atoms with Crippen molar-refractivity contribution in [1.29, 1.82) is 0 Å². The number of nitrogens with zero attached hydrogens (tertiary/aromatic N) is 2. The lowest BCUT2D eigenvalue weighted by molar-refractivity contribution is -0.121. The van der Waals surface area contributed by atoms with Gasteiger partial charge in [-0.15, -0.1) is 0 Å². The van der Waals surface area contributed by atoms with Crippen LogP contribution < -0.4 is 5.32 Å². The van der Waals surface area contributed by atoms with Crippen LogP contribution in [0.2, 0.25) is 5.02 Å². The fraction of sp³-hybridized carbons (Fsp3) is 0.565. The molecule has 29 heavy (non-hydrogen) atoms. The summed E-state index contributed by atoms with van der Waals surface area (Å²) >= 11 is 6.10. The molecule has 1 amide bonds. The molecule has 2 N–H and O–H groups in total. The fourth-order valence-corrected chi connectivity index (χ4v) is 4.62. The van der Waals surface area contributed by atoms with Gasteiger partial charge in [-0.2, -0.15) is 0 Å². The molecule has 1 aliphatic rings. The Bertz CT molecular complexity index is 886. The first-order chi connectivity index (χ1) is 13.7. The van der Waals surface area contributed by atoms with Crippen molar-refractivity contribution in [2.45, 2.75) is 33.6 Å². The Kier molecular flexibility index (Phi) is 7.01. The SMILES string of the molecule is CC1=C[C@@H](CNC(=O)CN(C)C)[C@H](C(C)C)C[C@H]1Cc1nc2ccc(Cl)cc2[nH]1. The number of hydrogen-bond donors (Lipinski definition) is 2. The molecule has 5 nitrogen and oxygen atoms in total. The maximum Gasteiger partial charge on any atom is 0.234 e. The van der Waals surface area contributed by atoms with Crippen molar-refractivity contribution >= 4 is 28.5 Å². The Morgan fingerprint density at radius 3 is 2.83 bits per heavy atom. The largest absolute Gasteiger partial charge is 0.354 e. The van der Waals surface area contributed by atoms with E-state index in [1.54, 1.807) is 0 Å². The average Bonchev–Trinajstić information content (AvgIpc) is 3.02. The number of amides is 1. The van der Waals surface area contributed by atoms with Gasteiger partial charge >= 0.3 is 0 Å². The zero-order valence-electron chi connectivity index (χ0n) is 18.1. The van der Waals surface area contributed by atoms with Crippen LogP contribution in [-0.2, 0) is 11.2 Å². The summed E-state index contributed by atoms with van der Waals surface area (Å²) in [5, 5.41) is 3.84. The van der Waals surface area contributed by atoms with Crippen LogP contribution in [0.15, 0.2) is 29.8 Å². The first-order valence-corrected chi connectivity index (χ1v) is 10.8. The molecule has 3 atom stereocenters. The number of benzene rings is 1. The standard InChI is InChI=1S/C23H33ClN4O/c1-14(2)19-9-16(10-22-26-20-7-6-18(24)11-21(20)27-22)15(3)8-17(19)12-25-23(29)13-28(4)5/h6-8,11,14,16-17,19H,9-10,12-13H2,1-5H3,(H,25,29)(H,26,27)/t16-,17-,19-/m0/s1. The van der Waals surface area contributed by atoms with E-state index >= 15 is 0 Å². The van der Waals surface area contributed by atoms with Gasteiger partial charge in [0.25, 0.3) is 0 Å². The van der Waals surface area contributed by atoms with Crippen LogP contribution in [0.3, 0.4) is 0 Å². The number of hydrogen-bond acceptors (Lipinski definition) is 3. The van der Waals surface area contributed by atoms with Gasteiger partial charge < -0.3 is 15.2 Å². The van der Waals surface area contributed by atoms with Gasteiger partial charge in [0.1, 0.15) is 5.82 Å². The molecular weight excluding hydrogens is 384 g/mol. The highest BCUT2D eigenvalue weighted by molar-refractivity contribution is 6.31. The summed E-state index contributed by atoms with van der Waals surface area (Å²) in [5.41, 5.74) is 3.35. The zero-order valence-corrected chi connectivity index (χ0v) is 18.9. The van der Waals surface area contributed by atoms with Crippen molar-refractivity contribution in [3.8, 4) is 0 Å². The van der Waals surface area contributed by atoms with Crippen LogP contribution in [0.1, 0.15) is 33.0 Å². The monoisotopic (exact) mass is 416 g/mol. The molecule has 0 aliphatic heterocycles. The Morgan fingerprint density at radius 1 is 1.38 bits per heavy atom. The van der Waals surface area contributed by atoms with Gasteiger partial charge in [-0.3, -0.25) is 4.79 Å². The number of nitrogens with one attached hydrogen (secondary N) is 2. The first kappa shape index (κ1) is 21.8. The lowest BCUT2D eigenvalue weighted by Crippen LogP contribution is -2.40. The molecule has 1 heterocycles. The molecule has 0 unspecified atom stereocenters. The van der Waals surface area contributed by atoms with E-state index in [4.69, 9.17) is 16.6 Å². The number of carbonyl (C=O) groups is 1. The number of aromatic amines is 1. The predicted octanol–water partition coefficient (Wildman–Crippen LogP) is 4.29. The van der Waals surface area contributed by atoms with Gasteiger partial charge in [0.15, 0.2) is 0 Å². The van der Waals surface area contributed by atoms with E-state index in [0.29, 0.717) is 36.8 Å². The second-order valence-corrected chi connectivity index (χ2v) is 9.44. The highest BCUT2D eigenvalue weighted by atomic mass is 35.5. The third kappa shape index (κ3) is 5.61. The number of carbonyl (C=O) groups excluding carboxylic acids is 1. The summed E-state index contributed by atoms with van der Waals surface area (Å²) in [4.78, 5) is 22.2. The number of aromatic nitrogens is 2. The Labute approximate surface area is 178 Å². The molecule has 0 saturated carbocycles. The molecule has 0 saturated heterocycles. The number of H-pyrrole nitrogens is 1. The number of allylic oxidation sites excluding steroid dienone is 1. The molecule has 0 spiro atoms. The smallest absolute Gasteiger partial charge is 0.234 e. The van der Waals surface area contributed by atoms with Crippen molar-refractivity contribution < 1.29 is 4.79 Å².